The lowest BCUT2D eigenvalue weighted by atomic mass is 9.93. The van der Waals surface area contributed by atoms with Crippen molar-refractivity contribution < 1.29 is 0 Å². The molecule has 0 saturated carbocycles. The van der Waals surface area contributed by atoms with Gasteiger partial charge in [-0.1, -0.05) is 0 Å². The molecule has 4 rings (SSSR count). The third-order valence-electron chi connectivity index (χ3n) is 5.51. The fourth-order valence-electron chi connectivity index (χ4n) is 3.97. The smallest absolute Gasteiger partial charge is 0.139 e. The van der Waals surface area contributed by atoms with Crippen LogP contribution in [0.25, 0.3) is 0 Å². The number of rotatable bonds is 5. The van der Waals surface area contributed by atoms with Gasteiger partial charge < -0.3 is 4.57 Å². The van der Waals surface area contributed by atoms with Crippen molar-refractivity contribution in [3.63, 3.8) is 0 Å². The zero-order valence-corrected chi connectivity index (χ0v) is 15.7. The molecular formula is C18H26N8. The first-order chi connectivity index (χ1) is 12.6. The van der Waals surface area contributed by atoms with E-state index in [2.05, 4.69) is 49.9 Å². The van der Waals surface area contributed by atoms with Crippen LogP contribution < -0.4 is 0 Å². The number of hydrogen-bond donors (Lipinski definition) is 0. The van der Waals surface area contributed by atoms with Gasteiger partial charge in [-0.25, -0.2) is 4.68 Å². The van der Waals surface area contributed by atoms with Crippen LogP contribution in [-0.2, 0) is 20.0 Å². The van der Waals surface area contributed by atoms with Crippen molar-refractivity contribution in [3.05, 3.63) is 47.8 Å². The van der Waals surface area contributed by atoms with Crippen molar-refractivity contribution >= 4 is 0 Å². The van der Waals surface area contributed by atoms with E-state index in [1.807, 2.05) is 16.3 Å². The molecule has 0 atom stereocenters. The summed E-state index contributed by atoms with van der Waals surface area (Å²) in [7, 11) is 2.02. The van der Waals surface area contributed by atoms with Crippen LogP contribution in [0.2, 0.25) is 0 Å². The van der Waals surface area contributed by atoms with Crippen LogP contribution in [-0.4, -0.2) is 52.3 Å². The van der Waals surface area contributed by atoms with Crippen LogP contribution >= 0.6 is 0 Å². The minimum Gasteiger partial charge on any atom is -0.321 e. The van der Waals surface area contributed by atoms with Crippen LogP contribution in [0.1, 0.15) is 35.6 Å². The summed E-state index contributed by atoms with van der Waals surface area (Å²) in [4.78, 5) is 2.56. The summed E-state index contributed by atoms with van der Waals surface area (Å²) in [5, 5.41) is 16.1. The summed E-state index contributed by atoms with van der Waals surface area (Å²) in [6.45, 7) is 7.57. The zero-order valence-electron chi connectivity index (χ0n) is 15.7. The Bertz CT molecular complexity index is 852. The quantitative estimate of drug-likeness (QED) is 0.696. The molecule has 1 aliphatic heterocycles. The fraction of sp³-hybridized carbons (Fsp3) is 0.556. The van der Waals surface area contributed by atoms with Crippen molar-refractivity contribution in [2.24, 2.45) is 13.0 Å². The molecular weight excluding hydrogens is 328 g/mol. The van der Waals surface area contributed by atoms with E-state index in [1.54, 1.807) is 19.0 Å². The van der Waals surface area contributed by atoms with Crippen LogP contribution in [0.3, 0.4) is 0 Å². The molecule has 0 aromatic carbocycles. The third-order valence-corrected chi connectivity index (χ3v) is 5.51. The van der Waals surface area contributed by atoms with E-state index in [-0.39, 0.29) is 0 Å². The van der Waals surface area contributed by atoms with Gasteiger partial charge in [-0.05, 0) is 57.3 Å². The van der Waals surface area contributed by atoms with Crippen LogP contribution in [0.15, 0.2) is 25.0 Å². The van der Waals surface area contributed by atoms with Gasteiger partial charge in [-0.15, -0.1) is 20.4 Å². The molecule has 1 saturated heterocycles. The summed E-state index contributed by atoms with van der Waals surface area (Å²) in [6.07, 6.45) is 8.74. The molecule has 138 valence electrons. The maximum Gasteiger partial charge on any atom is 0.139 e. The van der Waals surface area contributed by atoms with Gasteiger partial charge in [-0.3, -0.25) is 9.58 Å². The number of piperidine rings is 1. The third kappa shape index (κ3) is 3.29. The molecule has 8 heteroatoms. The normalized spacial score (nSPS) is 16.4. The summed E-state index contributed by atoms with van der Waals surface area (Å²) in [6, 6.07) is 2.28. The Balaban J connectivity index is 1.38. The second kappa shape index (κ2) is 7.03. The molecule has 0 bridgehead atoms. The minimum absolute atomic E-state index is 0.707. The first-order valence-electron chi connectivity index (χ1n) is 9.20. The standard InChI is InChI=1S/C18H26N8/c1-14-8-17(15(2)26(14)25-12-19-20-13-25)10-24-6-4-16(5-7-24)9-18-22-21-11-23(18)3/h8,11-13,16H,4-7,9-10H2,1-3H3. The highest BCUT2D eigenvalue weighted by molar-refractivity contribution is 5.27. The molecule has 1 aliphatic rings. The molecule has 0 N–H and O–H groups in total. The average Bonchev–Trinajstić information content (AvgIpc) is 3.33. The van der Waals surface area contributed by atoms with Crippen molar-refractivity contribution in [1.29, 1.82) is 0 Å². The Labute approximate surface area is 153 Å². The van der Waals surface area contributed by atoms with Gasteiger partial charge in [0.15, 0.2) is 0 Å². The van der Waals surface area contributed by atoms with Gasteiger partial charge in [0.05, 0.1) is 0 Å². The molecule has 1 fully saturated rings. The molecule has 8 nitrogen and oxygen atoms in total. The molecule has 3 aromatic rings. The molecule has 0 spiro atoms. The van der Waals surface area contributed by atoms with Crippen molar-refractivity contribution in [1.82, 2.24) is 39.2 Å². The molecule has 0 radical (unpaired) electrons. The number of nitrogens with zero attached hydrogens (tertiary/aromatic N) is 8. The SMILES string of the molecule is Cc1cc(CN2CCC(Cc3nncn3C)CC2)c(C)n1-n1cnnc1. The lowest BCUT2D eigenvalue weighted by Crippen LogP contribution is -2.34. The highest BCUT2D eigenvalue weighted by Crippen LogP contribution is 2.24. The lowest BCUT2D eigenvalue weighted by Gasteiger charge is -2.31. The second-order valence-corrected chi connectivity index (χ2v) is 7.33. The van der Waals surface area contributed by atoms with Crippen LogP contribution in [0.5, 0.6) is 0 Å². The fourth-order valence-corrected chi connectivity index (χ4v) is 3.97. The number of aryl methyl sites for hydroxylation is 2. The first-order valence-corrected chi connectivity index (χ1v) is 9.20. The Hall–Kier alpha value is -2.48. The molecule has 26 heavy (non-hydrogen) atoms. The van der Waals surface area contributed by atoms with Crippen LogP contribution in [0, 0.1) is 19.8 Å². The van der Waals surface area contributed by atoms with Gasteiger partial charge in [0.25, 0.3) is 0 Å². The first kappa shape index (κ1) is 17.0. The summed E-state index contributed by atoms with van der Waals surface area (Å²) in [5.41, 5.74) is 3.83. The van der Waals surface area contributed by atoms with E-state index in [9.17, 15) is 0 Å². The Morgan fingerprint density at radius 1 is 1.04 bits per heavy atom. The number of aromatic nitrogens is 7. The van der Waals surface area contributed by atoms with E-state index in [4.69, 9.17) is 0 Å². The Morgan fingerprint density at radius 3 is 2.42 bits per heavy atom. The van der Waals surface area contributed by atoms with Gasteiger partial charge >= 0.3 is 0 Å². The predicted octanol–water partition coefficient (Wildman–Crippen LogP) is 1.59. The Kier molecular flexibility index (Phi) is 4.58. The number of hydrogen-bond acceptors (Lipinski definition) is 5. The van der Waals surface area contributed by atoms with Gasteiger partial charge in [0.1, 0.15) is 24.8 Å². The molecule has 3 aromatic heterocycles. The highest BCUT2D eigenvalue weighted by atomic mass is 15.5. The maximum atomic E-state index is 4.23. The van der Waals surface area contributed by atoms with E-state index >= 15 is 0 Å². The van der Waals surface area contributed by atoms with Gasteiger partial charge in [0, 0.05) is 31.4 Å². The molecule has 0 amide bonds. The largest absolute Gasteiger partial charge is 0.321 e. The van der Waals surface area contributed by atoms with Crippen LogP contribution in [0.4, 0.5) is 0 Å². The van der Waals surface area contributed by atoms with Gasteiger partial charge in [-0.2, -0.15) is 0 Å². The second-order valence-electron chi connectivity index (χ2n) is 7.33. The van der Waals surface area contributed by atoms with Crippen molar-refractivity contribution in [3.8, 4) is 0 Å². The topological polar surface area (TPSA) is 69.6 Å². The predicted molar refractivity (Wildman–Crippen MR) is 97.4 cm³/mol. The van der Waals surface area contributed by atoms with E-state index in [0.29, 0.717) is 5.92 Å². The van der Waals surface area contributed by atoms with E-state index in [0.717, 1.165) is 31.9 Å². The van der Waals surface area contributed by atoms with E-state index < -0.39 is 0 Å². The zero-order chi connectivity index (χ0) is 18.1. The Morgan fingerprint density at radius 2 is 1.77 bits per heavy atom. The number of likely N-dealkylation sites (tertiary alicyclic amines) is 1. The van der Waals surface area contributed by atoms with Gasteiger partial charge in [0.2, 0.25) is 0 Å². The molecule has 0 unspecified atom stereocenters. The van der Waals surface area contributed by atoms with E-state index in [1.165, 1.54) is 29.8 Å². The minimum atomic E-state index is 0.707. The maximum absolute atomic E-state index is 4.23. The average molecular weight is 354 g/mol. The monoisotopic (exact) mass is 354 g/mol. The van der Waals surface area contributed by atoms with Crippen molar-refractivity contribution in [2.75, 3.05) is 13.1 Å². The summed E-state index contributed by atoms with van der Waals surface area (Å²) >= 11 is 0. The lowest BCUT2D eigenvalue weighted by molar-refractivity contribution is 0.175. The summed E-state index contributed by atoms with van der Waals surface area (Å²) < 4.78 is 6.13. The van der Waals surface area contributed by atoms with Crippen molar-refractivity contribution in [2.45, 2.75) is 39.7 Å². The summed E-state index contributed by atoms with van der Waals surface area (Å²) in [5.74, 6) is 1.81. The molecule has 4 heterocycles. The highest BCUT2D eigenvalue weighted by Gasteiger charge is 2.22. The molecule has 0 aliphatic carbocycles.